The highest BCUT2D eigenvalue weighted by molar-refractivity contribution is 4.82. The summed E-state index contributed by atoms with van der Waals surface area (Å²) in [7, 11) is 0. The highest BCUT2D eigenvalue weighted by Crippen LogP contribution is 2.28. The number of aliphatic hydroxyl groups excluding tert-OH is 1. The van der Waals surface area contributed by atoms with E-state index in [1.165, 1.54) is 51.5 Å². The van der Waals surface area contributed by atoms with Gasteiger partial charge >= 0.3 is 0 Å². The third-order valence-electron chi connectivity index (χ3n) is 4.80. The van der Waals surface area contributed by atoms with Gasteiger partial charge in [-0.25, -0.2) is 0 Å². The Morgan fingerprint density at radius 1 is 1.16 bits per heavy atom. The molecular formula is C16H31NO2. The first kappa shape index (κ1) is 15.3. The Balaban J connectivity index is 1.64. The number of likely N-dealkylation sites (tertiary alicyclic amines) is 1. The van der Waals surface area contributed by atoms with Crippen LogP contribution in [0.15, 0.2) is 0 Å². The molecule has 1 heterocycles. The van der Waals surface area contributed by atoms with Crippen molar-refractivity contribution in [2.75, 3.05) is 32.8 Å². The van der Waals surface area contributed by atoms with Crippen LogP contribution in [0.2, 0.25) is 0 Å². The highest BCUT2D eigenvalue weighted by Gasteiger charge is 2.30. The number of aliphatic hydroxyl groups is 1. The maximum absolute atomic E-state index is 9.47. The minimum Gasteiger partial charge on any atom is -0.396 e. The van der Waals surface area contributed by atoms with Gasteiger partial charge in [0.15, 0.2) is 0 Å². The van der Waals surface area contributed by atoms with E-state index in [0.29, 0.717) is 12.7 Å². The van der Waals surface area contributed by atoms with Gasteiger partial charge in [0.25, 0.3) is 0 Å². The highest BCUT2D eigenvalue weighted by atomic mass is 16.5. The van der Waals surface area contributed by atoms with Crippen molar-refractivity contribution in [3.63, 3.8) is 0 Å². The van der Waals surface area contributed by atoms with Gasteiger partial charge in [0.2, 0.25) is 0 Å². The number of hydrogen-bond acceptors (Lipinski definition) is 3. The van der Waals surface area contributed by atoms with Crippen LogP contribution in [0.3, 0.4) is 0 Å². The van der Waals surface area contributed by atoms with E-state index in [2.05, 4.69) is 11.8 Å². The fourth-order valence-electron chi connectivity index (χ4n) is 3.50. The molecule has 3 heteroatoms. The van der Waals surface area contributed by atoms with Gasteiger partial charge in [0, 0.05) is 25.1 Å². The summed E-state index contributed by atoms with van der Waals surface area (Å²) in [5.41, 5.74) is 0.112. The Morgan fingerprint density at radius 2 is 1.89 bits per heavy atom. The van der Waals surface area contributed by atoms with Crippen LogP contribution < -0.4 is 0 Å². The minimum absolute atomic E-state index is 0.112. The molecule has 0 amide bonds. The Morgan fingerprint density at radius 3 is 2.58 bits per heavy atom. The molecule has 1 unspecified atom stereocenters. The first-order valence-corrected chi connectivity index (χ1v) is 8.17. The lowest BCUT2D eigenvalue weighted by Crippen LogP contribution is -2.44. The van der Waals surface area contributed by atoms with Gasteiger partial charge < -0.3 is 14.7 Å². The standard InChI is InChI=1S/C16H31NO2/c1-16(14-18)9-6-10-17(13-16)11-12-19-15-7-4-2-3-5-8-15/h15,18H,2-14H2,1H3. The predicted molar refractivity (Wildman–Crippen MR) is 78.3 cm³/mol. The van der Waals surface area contributed by atoms with Crippen LogP contribution in [0.5, 0.6) is 0 Å². The first-order chi connectivity index (χ1) is 9.22. The van der Waals surface area contributed by atoms with Crippen molar-refractivity contribution in [2.45, 2.75) is 64.4 Å². The Hall–Kier alpha value is -0.120. The van der Waals surface area contributed by atoms with Gasteiger partial charge in [-0.2, -0.15) is 0 Å². The SMILES string of the molecule is CC1(CO)CCCN(CCOC2CCCCCC2)C1. The number of nitrogens with zero attached hydrogens (tertiary/aromatic N) is 1. The van der Waals surface area contributed by atoms with Gasteiger partial charge in [0.1, 0.15) is 0 Å². The summed E-state index contributed by atoms with van der Waals surface area (Å²) in [5.74, 6) is 0. The first-order valence-electron chi connectivity index (χ1n) is 8.17. The van der Waals surface area contributed by atoms with Crippen molar-refractivity contribution >= 4 is 0 Å². The molecule has 0 aromatic heterocycles. The van der Waals surface area contributed by atoms with Crippen LogP contribution >= 0.6 is 0 Å². The van der Waals surface area contributed by atoms with Gasteiger partial charge in [0.05, 0.1) is 12.7 Å². The molecule has 112 valence electrons. The molecule has 2 aliphatic rings. The molecule has 1 N–H and O–H groups in total. The maximum atomic E-state index is 9.47. The number of rotatable bonds is 5. The number of hydrogen-bond donors (Lipinski definition) is 1. The topological polar surface area (TPSA) is 32.7 Å². The van der Waals surface area contributed by atoms with E-state index in [-0.39, 0.29) is 5.41 Å². The zero-order valence-electron chi connectivity index (χ0n) is 12.6. The van der Waals surface area contributed by atoms with Crippen LogP contribution in [0.25, 0.3) is 0 Å². The smallest absolute Gasteiger partial charge is 0.0597 e. The summed E-state index contributed by atoms with van der Waals surface area (Å²) < 4.78 is 6.06. The van der Waals surface area contributed by atoms with Gasteiger partial charge in [-0.3, -0.25) is 0 Å². The van der Waals surface area contributed by atoms with E-state index >= 15 is 0 Å². The van der Waals surface area contributed by atoms with E-state index in [1.807, 2.05) is 0 Å². The third kappa shape index (κ3) is 5.05. The molecular weight excluding hydrogens is 238 g/mol. The molecule has 2 rings (SSSR count). The molecule has 2 fully saturated rings. The number of piperidine rings is 1. The fourth-order valence-corrected chi connectivity index (χ4v) is 3.50. The summed E-state index contributed by atoms with van der Waals surface area (Å²) >= 11 is 0. The average molecular weight is 269 g/mol. The molecule has 0 aromatic rings. The molecule has 1 saturated heterocycles. The van der Waals surface area contributed by atoms with Crippen molar-refractivity contribution in [3.05, 3.63) is 0 Å². The van der Waals surface area contributed by atoms with E-state index in [4.69, 9.17) is 4.74 Å². The van der Waals surface area contributed by atoms with E-state index < -0.39 is 0 Å². The summed E-state index contributed by atoms with van der Waals surface area (Å²) in [6.07, 6.45) is 10.9. The molecule has 1 saturated carbocycles. The number of ether oxygens (including phenoxy) is 1. The van der Waals surface area contributed by atoms with Crippen molar-refractivity contribution in [1.29, 1.82) is 0 Å². The zero-order valence-corrected chi connectivity index (χ0v) is 12.6. The van der Waals surface area contributed by atoms with Crippen molar-refractivity contribution < 1.29 is 9.84 Å². The zero-order chi connectivity index (χ0) is 13.6. The van der Waals surface area contributed by atoms with Gasteiger partial charge in [-0.15, -0.1) is 0 Å². The Labute approximate surface area is 118 Å². The quantitative estimate of drug-likeness (QED) is 0.779. The summed E-state index contributed by atoms with van der Waals surface area (Å²) in [4.78, 5) is 2.47. The Bertz CT molecular complexity index is 251. The lowest BCUT2D eigenvalue weighted by molar-refractivity contribution is 0.00150. The van der Waals surface area contributed by atoms with Crippen LogP contribution in [-0.2, 0) is 4.74 Å². The fraction of sp³-hybridized carbons (Fsp3) is 1.00. The summed E-state index contributed by atoms with van der Waals surface area (Å²) in [6, 6.07) is 0. The second-order valence-corrected chi connectivity index (χ2v) is 6.83. The van der Waals surface area contributed by atoms with E-state index in [0.717, 1.165) is 26.1 Å². The van der Waals surface area contributed by atoms with Gasteiger partial charge in [-0.1, -0.05) is 32.6 Å². The van der Waals surface area contributed by atoms with Crippen molar-refractivity contribution in [3.8, 4) is 0 Å². The summed E-state index contributed by atoms with van der Waals surface area (Å²) in [6.45, 7) is 6.61. The van der Waals surface area contributed by atoms with E-state index in [1.54, 1.807) is 0 Å². The molecule has 0 aromatic carbocycles. The lowest BCUT2D eigenvalue weighted by atomic mass is 9.83. The maximum Gasteiger partial charge on any atom is 0.0597 e. The molecule has 0 spiro atoms. The molecule has 1 atom stereocenters. The normalized spacial score (nSPS) is 31.3. The van der Waals surface area contributed by atoms with Crippen LogP contribution in [-0.4, -0.2) is 49.0 Å². The monoisotopic (exact) mass is 269 g/mol. The molecule has 1 aliphatic carbocycles. The third-order valence-corrected chi connectivity index (χ3v) is 4.80. The molecule has 0 radical (unpaired) electrons. The largest absolute Gasteiger partial charge is 0.396 e. The average Bonchev–Trinajstić information content (AvgIpc) is 2.68. The summed E-state index contributed by atoms with van der Waals surface area (Å²) in [5, 5.41) is 9.47. The lowest BCUT2D eigenvalue weighted by Gasteiger charge is -2.39. The van der Waals surface area contributed by atoms with E-state index in [9.17, 15) is 5.11 Å². The van der Waals surface area contributed by atoms with Crippen molar-refractivity contribution in [2.24, 2.45) is 5.41 Å². The molecule has 19 heavy (non-hydrogen) atoms. The minimum atomic E-state index is 0.112. The molecule has 1 aliphatic heterocycles. The predicted octanol–water partition coefficient (Wildman–Crippen LogP) is 2.82. The molecule has 0 bridgehead atoms. The van der Waals surface area contributed by atoms with Crippen LogP contribution in [0, 0.1) is 5.41 Å². The Kier molecular flexibility index (Phi) is 6.11. The second kappa shape index (κ2) is 7.61. The molecule has 3 nitrogen and oxygen atoms in total. The van der Waals surface area contributed by atoms with Crippen molar-refractivity contribution in [1.82, 2.24) is 4.90 Å². The second-order valence-electron chi connectivity index (χ2n) is 6.83. The van der Waals surface area contributed by atoms with Crippen LogP contribution in [0.1, 0.15) is 58.3 Å². The van der Waals surface area contributed by atoms with Gasteiger partial charge in [-0.05, 0) is 32.2 Å². The van der Waals surface area contributed by atoms with Crippen LogP contribution in [0.4, 0.5) is 0 Å².